The van der Waals surface area contributed by atoms with E-state index in [0.29, 0.717) is 18.0 Å². The molecule has 0 saturated carbocycles. The minimum absolute atomic E-state index is 0.162. The predicted molar refractivity (Wildman–Crippen MR) is 120 cm³/mol. The summed E-state index contributed by atoms with van der Waals surface area (Å²) in [5.74, 6) is 0.737. The van der Waals surface area contributed by atoms with E-state index in [0.717, 1.165) is 43.8 Å². The van der Waals surface area contributed by atoms with E-state index >= 15 is 0 Å². The predicted octanol–water partition coefficient (Wildman–Crippen LogP) is 3.92. The number of benzene rings is 1. The number of carbonyl (C=O) groups excluding carboxylic acids is 1. The summed E-state index contributed by atoms with van der Waals surface area (Å²) in [7, 11) is 0. The first-order valence-electron chi connectivity index (χ1n) is 11.3. The Morgan fingerprint density at radius 1 is 1.00 bits per heavy atom. The van der Waals surface area contributed by atoms with Crippen LogP contribution in [0.1, 0.15) is 62.4 Å². The number of fused-ring (bicyclic) bond motifs is 1. The van der Waals surface area contributed by atoms with Crippen LogP contribution in [0.3, 0.4) is 0 Å². The maximum absolute atomic E-state index is 13.0. The molecule has 1 aromatic carbocycles. The average molecular weight is 397 g/mol. The Balaban J connectivity index is 1.49. The van der Waals surface area contributed by atoms with E-state index in [1.54, 1.807) is 0 Å². The number of hydrogen-bond donors (Lipinski definition) is 1. The molecule has 3 heterocycles. The molecule has 29 heavy (non-hydrogen) atoms. The van der Waals surface area contributed by atoms with E-state index in [9.17, 15) is 4.79 Å². The largest absolute Gasteiger partial charge is 0.361 e. The molecule has 1 atom stereocenters. The van der Waals surface area contributed by atoms with E-state index in [1.165, 1.54) is 30.3 Å². The van der Waals surface area contributed by atoms with Crippen molar-refractivity contribution in [3.05, 3.63) is 35.5 Å². The minimum atomic E-state index is 0.162. The lowest BCUT2D eigenvalue weighted by molar-refractivity contribution is 0.0595. The Bertz CT molecular complexity index is 848. The Labute approximate surface area is 175 Å². The summed E-state index contributed by atoms with van der Waals surface area (Å²) in [6.45, 7) is 14.9. The lowest BCUT2D eigenvalue weighted by Gasteiger charge is -2.37. The summed E-state index contributed by atoms with van der Waals surface area (Å²) in [6.07, 6.45) is 4.68. The van der Waals surface area contributed by atoms with Gasteiger partial charge in [-0.15, -0.1) is 0 Å². The van der Waals surface area contributed by atoms with Gasteiger partial charge in [0.2, 0.25) is 0 Å². The van der Waals surface area contributed by atoms with Crippen LogP contribution in [-0.2, 0) is 0 Å². The van der Waals surface area contributed by atoms with Gasteiger partial charge in [-0.2, -0.15) is 0 Å². The summed E-state index contributed by atoms with van der Waals surface area (Å²) >= 11 is 0. The molecule has 1 N–H and O–H groups in total. The molecule has 2 fully saturated rings. The molecule has 0 radical (unpaired) electrons. The van der Waals surface area contributed by atoms with Crippen molar-refractivity contribution in [2.45, 2.75) is 58.5 Å². The van der Waals surface area contributed by atoms with Crippen LogP contribution in [0.15, 0.2) is 24.4 Å². The summed E-state index contributed by atoms with van der Waals surface area (Å²) in [6, 6.07) is 7.39. The Hall–Kier alpha value is -1.85. The van der Waals surface area contributed by atoms with Gasteiger partial charge in [0.25, 0.3) is 5.91 Å². The number of aromatic amines is 1. The smallest absolute Gasteiger partial charge is 0.254 e. The Morgan fingerprint density at radius 3 is 2.41 bits per heavy atom. The number of aromatic nitrogens is 1. The van der Waals surface area contributed by atoms with Crippen molar-refractivity contribution in [1.82, 2.24) is 19.7 Å². The quantitative estimate of drug-likeness (QED) is 0.852. The average Bonchev–Trinajstić information content (AvgIpc) is 3.16. The topological polar surface area (TPSA) is 42.6 Å². The van der Waals surface area contributed by atoms with Crippen molar-refractivity contribution >= 4 is 16.8 Å². The first kappa shape index (κ1) is 20.4. The van der Waals surface area contributed by atoms with Crippen molar-refractivity contribution in [1.29, 1.82) is 0 Å². The van der Waals surface area contributed by atoms with Gasteiger partial charge in [-0.25, -0.2) is 0 Å². The van der Waals surface area contributed by atoms with Crippen LogP contribution >= 0.6 is 0 Å². The molecule has 0 spiro atoms. The number of piperazine rings is 1. The molecule has 1 aromatic heterocycles. The van der Waals surface area contributed by atoms with Gasteiger partial charge < -0.3 is 14.8 Å². The van der Waals surface area contributed by atoms with Gasteiger partial charge in [-0.3, -0.25) is 9.69 Å². The maximum atomic E-state index is 13.0. The minimum Gasteiger partial charge on any atom is -0.361 e. The van der Waals surface area contributed by atoms with Crippen molar-refractivity contribution < 1.29 is 4.79 Å². The highest BCUT2D eigenvalue weighted by atomic mass is 16.2. The maximum Gasteiger partial charge on any atom is 0.254 e. The molecule has 0 bridgehead atoms. The van der Waals surface area contributed by atoms with Gasteiger partial charge in [-0.1, -0.05) is 6.07 Å². The van der Waals surface area contributed by atoms with E-state index in [2.05, 4.69) is 60.8 Å². The van der Waals surface area contributed by atoms with E-state index in [-0.39, 0.29) is 5.91 Å². The zero-order chi connectivity index (χ0) is 20.5. The molecule has 1 unspecified atom stereocenters. The molecule has 5 nitrogen and oxygen atoms in total. The van der Waals surface area contributed by atoms with Gasteiger partial charge in [0, 0.05) is 67.5 Å². The molecule has 158 valence electrons. The van der Waals surface area contributed by atoms with Crippen LogP contribution in [0.5, 0.6) is 0 Å². The first-order valence-corrected chi connectivity index (χ1v) is 11.3. The lowest BCUT2D eigenvalue weighted by Crippen LogP contribution is -2.50. The zero-order valence-corrected chi connectivity index (χ0v) is 18.4. The fraction of sp³-hybridized carbons (Fsp3) is 0.625. The van der Waals surface area contributed by atoms with Crippen LogP contribution in [-0.4, -0.2) is 76.9 Å². The molecule has 0 aliphatic carbocycles. The summed E-state index contributed by atoms with van der Waals surface area (Å²) < 4.78 is 0. The van der Waals surface area contributed by atoms with Crippen molar-refractivity contribution in [2.75, 3.05) is 39.3 Å². The van der Waals surface area contributed by atoms with Gasteiger partial charge in [0.05, 0.1) is 0 Å². The zero-order valence-electron chi connectivity index (χ0n) is 18.4. The molecule has 1 amide bonds. The summed E-state index contributed by atoms with van der Waals surface area (Å²) in [5.41, 5.74) is 3.31. The normalized spacial score (nSPS) is 22.1. The number of nitrogens with one attached hydrogen (secondary N) is 1. The van der Waals surface area contributed by atoms with Crippen molar-refractivity contribution in [2.24, 2.45) is 0 Å². The lowest BCUT2D eigenvalue weighted by atomic mass is 9.89. The second-order valence-corrected chi connectivity index (χ2v) is 9.35. The molecular weight excluding hydrogens is 360 g/mol. The highest BCUT2D eigenvalue weighted by Gasteiger charge is 2.26. The van der Waals surface area contributed by atoms with Gasteiger partial charge in [0.15, 0.2) is 0 Å². The van der Waals surface area contributed by atoms with Crippen molar-refractivity contribution in [3.63, 3.8) is 0 Å². The highest BCUT2D eigenvalue weighted by Crippen LogP contribution is 2.33. The number of H-pyrrole nitrogens is 1. The molecule has 2 saturated heterocycles. The summed E-state index contributed by atoms with van der Waals surface area (Å²) in [5, 5.41) is 1.28. The monoisotopic (exact) mass is 396 g/mol. The van der Waals surface area contributed by atoms with Crippen LogP contribution in [0.25, 0.3) is 10.9 Å². The number of amides is 1. The molecular formula is C24H36N4O. The molecule has 2 aliphatic rings. The second-order valence-electron chi connectivity index (χ2n) is 9.35. The number of piperidine rings is 1. The summed E-state index contributed by atoms with van der Waals surface area (Å²) in [4.78, 5) is 23.5. The third kappa shape index (κ3) is 4.22. The molecule has 2 aliphatic heterocycles. The van der Waals surface area contributed by atoms with Crippen LogP contribution in [0.4, 0.5) is 0 Å². The van der Waals surface area contributed by atoms with Crippen LogP contribution in [0, 0.1) is 0 Å². The number of likely N-dealkylation sites (tertiary alicyclic amines) is 1. The van der Waals surface area contributed by atoms with E-state index < -0.39 is 0 Å². The van der Waals surface area contributed by atoms with Gasteiger partial charge >= 0.3 is 0 Å². The molecule has 2 aromatic rings. The van der Waals surface area contributed by atoms with E-state index in [1.807, 2.05) is 11.0 Å². The van der Waals surface area contributed by atoms with E-state index in [4.69, 9.17) is 0 Å². The third-order valence-electron chi connectivity index (χ3n) is 6.92. The number of hydrogen-bond acceptors (Lipinski definition) is 3. The Morgan fingerprint density at radius 2 is 1.72 bits per heavy atom. The molecule has 4 rings (SSSR count). The number of rotatable bonds is 4. The Kier molecular flexibility index (Phi) is 5.98. The standard InChI is InChI=1S/C24H36N4O/c1-17(2)26-10-12-27(13-11-26)24(29)19-7-8-21-22(15-25-23(21)14-19)20-6-5-9-28(16-20)18(3)4/h7-8,14-15,17-18,20,25H,5-6,9-13,16H2,1-4H3. The fourth-order valence-corrected chi connectivity index (χ4v) is 4.97. The SMILES string of the molecule is CC(C)N1CCN(C(=O)c2ccc3c(C4CCCN(C(C)C)C4)c[nH]c3c2)CC1. The van der Waals surface area contributed by atoms with Crippen LogP contribution in [0.2, 0.25) is 0 Å². The fourth-order valence-electron chi connectivity index (χ4n) is 4.97. The van der Waals surface area contributed by atoms with Gasteiger partial charge in [0.1, 0.15) is 0 Å². The van der Waals surface area contributed by atoms with Crippen molar-refractivity contribution in [3.8, 4) is 0 Å². The van der Waals surface area contributed by atoms with Gasteiger partial charge in [-0.05, 0) is 70.7 Å². The second kappa shape index (κ2) is 8.49. The third-order valence-corrected chi connectivity index (χ3v) is 6.92. The molecule has 5 heteroatoms. The highest BCUT2D eigenvalue weighted by molar-refractivity contribution is 5.98. The number of nitrogens with zero attached hydrogens (tertiary/aromatic N) is 3. The number of carbonyl (C=O) groups is 1. The first-order chi connectivity index (χ1) is 13.9. The van der Waals surface area contributed by atoms with Crippen LogP contribution < -0.4 is 0 Å².